The van der Waals surface area contributed by atoms with Gasteiger partial charge in [0.25, 0.3) is 0 Å². The van der Waals surface area contributed by atoms with Gasteiger partial charge in [-0.3, -0.25) is 10.1 Å². The monoisotopic (exact) mass is 581 g/mol. The van der Waals surface area contributed by atoms with E-state index in [4.69, 9.17) is 28.4 Å². The Morgan fingerprint density at radius 1 is 0.780 bits per heavy atom. The molecule has 0 aliphatic carbocycles. The molecule has 1 heterocycles. The van der Waals surface area contributed by atoms with Crippen molar-refractivity contribution in [1.29, 1.82) is 0 Å². The van der Waals surface area contributed by atoms with E-state index in [-0.39, 0.29) is 23.2 Å². The molecule has 1 aliphatic rings. The SMILES string of the molecule is COc1ccc(NC(=O)CSC2NC(c3ccc(OC)c(OC)c3)=CC(c3cc(OC)c(OC)c(OC)c3)N2)cc1. The Kier molecular flexibility index (Phi) is 10.1. The van der Waals surface area contributed by atoms with Gasteiger partial charge in [-0.1, -0.05) is 0 Å². The number of methoxy groups -OCH3 is 6. The van der Waals surface area contributed by atoms with E-state index in [1.165, 1.54) is 11.8 Å². The molecule has 0 saturated heterocycles. The van der Waals surface area contributed by atoms with Gasteiger partial charge in [-0.25, -0.2) is 0 Å². The lowest BCUT2D eigenvalue weighted by atomic mass is 10.0. The van der Waals surface area contributed by atoms with Crippen LogP contribution in [0.4, 0.5) is 5.69 Å². The Bertz CT molecular complexity index is 1360. The molecule has 0 spiro atoms. The van der Waals surface area contributed by atoms with Crippen LogP contribution in [0.5, 0.6) is 34.5 Å². The normalized spacial score (nSPS) is 16.1. The minimum absolute atomic E-state index is 0.129. The summed E-state index contributed by atoms with van der Waals surface area (Å²) in [5.41, 5.74) is 3.04. The van der Waals surface area contributed by atoms with Crippen molar-refractivity contribution >= 4 is 29.1 Å². The molecule has 41 heavy (non-hydrogen) atoms. The summed E-state index contributed by atoms with van der Waals surface area (Å²) in [5, 5.41) is 10.00. The molecule has 0 fully saturated rings. The average molecular weight is 582 g/mol. The number of rotatable bonds is 12. The van der Waals surface area contributed by atoms with Crippen LogP contribution < -0.4 is 44.4 Å². The second-order valence-electron chi connectivity index (χ2n) is 8.87. The Hall–Kier alpha value is -4.22. The summed E-state index contributed by atoms with van der Waals surface area (Å²) in [6, 6.07) is 16.5. The van der Waals surface area contributed by atoms with Gasteiger partial charge in [-0.15, -0.1) is 11.8 Å². The molecule has 11 heteroatoms. The zero-order valence-electron chi connectivity index (χ0n) is 23.9. The molecule has 218 valence electrons. The number of nitrogens with one attached hydrogen (secondary N) is 3. The molecule has 0 saturated carbocycles. The molecule has 3 N–H and O–H groups in total. The second-order valence-corrected chi connectivity index (χ2v) is 9.96. The van der Waals surface area contributed by atoms with Crippen molar-refractivity contribution in [3.63, 3.8) is 0 Å². The maximum atomic E-state index is 12.8. The van der Waals surface area contributed by atoms with Crippen LogP contribution in [0.1, 0.15) is 17.2 Å². The van der Waals surface area contributed by atoms with E-state index in [0.717, 1.165) is 22.6 Å². The highest BCUT2D eigenvalue weighted by Crippen LogP contribution is 2.41. The van der Waals surface area contributed by atoms with Crippen molar-refractivity contribution in [2.75, 3.05) is 53.7 Å². The van der Waals surface area contributed by atoms with E-state index in [9.17, 15) is 4.79 Å². The van der Waals surface area contributed by atoms with Gasteiger partial charge in [-0.05, 0) is 66.2 Å². The van der Waals surface area contributed by atoms with Crippen LogP contribution in [-0.4, -0.2) is 59.8 Å². The third kappa shape index (κ3) is 7.11. The van der Waals surface area contributed by atoms with Crippen molar-refractivity contribution in [3.8, 4) is 34.5 Å². The molecular formula is C30H35N3O7S. The minimum Gasteiger partial charge on any atom is -0.497 e. The standard InChI is InChI=1S/C30H35N3O7S/c1-35-21-10-8-20(9-11-21)31-28(34)17-41-30-32-22(18-7-12-24(36-2)25(13-18)37-3)16-23(33-30)19-14-26(38-4)29(40-6)27(15-19)39-5/h7-16,23,30,32-33H,17H2,1-6H3,(H,31,34). The first-order valence-corrected chi connectivity index (χ1v) is 13.8. The molecule has 2 atom stereocenters. The van der Waals surface area contributed by atoms with Gasteiger partial charge in [0.05, 0.1) is 54.5 Å². The lowest BCUT2D eigenvalue weighted by Crippen LogP contribution is -2.45. The summed E-state index contributed by atoms with van der Waals surface area (Å²) in [7, 11) is 9.55. The molecule has 4 rings (SSSR count). The summed E-state index contributed by atoms with van der Waals surface area (Å²) in [5.74, 6) is 3.65. The van der Waals surface area contributed by atoms with E-state index >= 15 is 0 Å². The molecule has 0 aromatic heterocycles. The maximum absolute atomic E-state index is 12.8. The lowest BCUT2D eigenvalue weighted by molar-refractivity contribution is -0.113. The van der Waals surface area contributed by atoms with Gasteiger partial charge in [0.1, 0.15) is 11.2 Å². The molecule has 1 aliphatic heterocycles. The molecule has 10 nitrogen and oxygen atoms in total. The van der Waals surface area contributed by atoms with Gasteiger partial charge in [0, 0.05) is 16.9 Å². The quantitative estimate of drug-likeness (QED) is 0.279. The van der Waals surface area contributed by atoms with E-state index in [1.54, 1.807) is 66.9 Å². The Morgan fingerprint density at radius 3 is 2.02 bits per heavy atom. The van der Waals surface area contributed by atoms with Crippen LogP contribution in [0, 0.1) is 0 Å². The number of ether oxygens (including phenoxy) is 6. The number of benzene rings is 3. The summed E-state index contributed by atoms with van der Waals surface area (Å²) in [4.78, 5) is 12.8. The Labute approximate surface area is 244 Å². The molecular weight excluding hydrogens is 546 g/mol. The second kappa shape index (κ2) is 13.9. The number of anilines is 1. The largest absolute Gasteiger partial charge is 0.497 e. The topological polar surface area (TPSA) is 109 Å². The predicted molar refractivity (Wildman–Crippen MR) is 161 cm³/mol. The molecule has 0 bridgehead atoms. The first-order chi connectivity index (χ1) is 19.9. The van der Waals surface area contributed by atoms with E-state index < -0.39 is 0 Å². The summed E-state index contributed by atoms with van der Waals surface area (Å²) >= 11 is 1.43. The summed E-state index contributed by atoms with van der Waals surface area (Å²) < 4.78 is 32.8. The van der Waals surface area contributed by atoms with Crippen LogP contribution in [0.2, 0.25) is 0 Å². The van der Waals surface area contributed by atoms with Crippen molar-refractivity contribution in [2.45, 2.75) is 11.5 Å². The molecule has 1 amide bonds. The number of hydrogen-bond acceptors (Lipinski definition) is 10. The lowest BCUT2D eigenvalue weighted by Gasteiger charge is -2.32. The highest BCUT2D eigenvalue weighted by molar-refractivity contribution is 8.00. The number of hydrogen-bond donors (Lipinski definition) is 3. The number of carbonyl (C=O) groups excluding carboxylic acids is 1. The molecule has 2 unspecified atom stereocenters. The van der Waals surface area contributed by atoms with Crippen molar-refractivity contribution in [3.05, 3.63) is 71.8 Å². The zero-order chi connectivity index (χ0) is 29.4. The smallest absolute Gasteiger partial charge is 0.234 e. The van der Waals surface area contributed by atoms with Gasteiger partial charge in [0.15, 0.2) is 23.0 Å². The first-order valence-electron chi connectivity index (χ1n) is 12.7. The zero-order valence-corrected chi connectivity index (χ0v) is 24.7. The van der Waals surface area contributed by atoms with Gasteiger partial charge in [-0.2, -0.15) is 0 Å². The Morgan fingerprint density at radius 2 is 1.44 bits per heavy atom. The average Bonchev–Trinajstić information content (AvgIpc) is 3.02. The highest BCUT2D eigenvalue weighted by atomic mass is 32.2. The van der Waals surface area contributed by atoms with E-state index in [2.05, 4.69) is 22.0 Å². The first kappa shape index (κ1) is 29.8. The molecule has 3 aromatic rings. The minimum atomic E-state index is -0.311. The van der Waals surface area contributed by atoms with Crippen LogP contribution >= 0.6 is 11.8 Å². The van der Waals surface area contributed by atoms with E-state index in [0.29, 0.717) is 34.4 Å². The highest BCUT2D eigenvalue weighted by Gasteiger charge is 2.26. The molecule has 3 aromatic carbocycles. The predicted octanol–water partition coefficient (Wildman–Crippen LogP) is 4.67. The van der Waals surface area contributed by atoms with E-state index in [1.807, 2.05) is 30.3 Å². The third-order valence-corrected chi connectivity index (χ3v) is 7.46. The Balaban J connectivity index is 1.61. The summed E-state index contributed by atoms with van der Waals surface area (Å²) in [6.45, 7) is 0. The van der Waals surface area contributed by atoms with Crippen LogP contribution in [-0.2, 0) is 4.79 Å². The van der Waals surface area contributed by atoms with Crippen LogP contribution in [0.3, 0.4) is 0 Å². The fourth-order valence-corrected chi connectivity index (χ4v) is 5.23. The van der Waals surface area contributed by atoms with Crippen molar-refractivity contribution in [1.82, 2.24) is 10.6 Å². The van der Waals surface area contributed by atoms with Gasteiger partial charge in [0.2, 0.25) is 11.7 Å². The van der Waals surface area contributed by atoms with Gasteiger partial charge < -0.3 is 39.1 Å². The van der Waals surface area contributed by atoms with Crippen LogP contribution in [0.25, 0.3) is 5.70 Å². The van der Waals surface area contributed by atoms with Crippen molar-refractivity contribution in [2.24, 2.45) is 0 Å². The fraction of sp³-hybridized carbons (Fsp3) is 0.300. The fourth-order valence-electron chi connectivity index (χ4n) is 4.39. The van der Waals surface area contributed by atoms with Crippen LogP contribution in [0.15, 0.2) is 60.7 Å². The molecule has 0 radical (unpaired) electrons. The number of amides is 1. The maximum Gasteiger partial charge on any atom is 0.234 e. The van der Waals surface area contributed by atoms with Crippen molar-refractivity contribution < 1.29 is 33.2 Å². The number of thioether (sulfide) groups is 1. The third-order valence-electron chi connectivity index (χ3n) is 6.45. The van der Waals surface area contributed by atoms with Gasteiger partial charge >= 0.3 is 0 Å². The number of carbonyl (C=O) groups is 1. The summed E-state index contributed by atoms with van der Waals surface area (Å²) in [6.07, 6.45) is 2.07.